The summed E-state index contributed by atoms with van der Waals surface area (Å²) in [6.07, 6.45) is 13.5. The summed E-state index contributed by atoms with van der Waals surface area (Å²) < 4.78 is 0. The van der Waals surface area contributed by atoms with Gasteiger partial charge in [0.05, 0.1) is 0 Å². The second kappa shape index (κ2) is 5.62. The Morgan fingerprint density at radius 2 is 0.909 bits per heavy atom. The van der Waals surface area contributed by atoms with Gasteiger partial charge in [-0.1, -0.05) is 64.7 Å². The molecule has 0 heterocycles. The summed E-state index contributed by atoms with van der Waals surface area (Å²) in [7, 11) is 0. The van der Waals surface area contributed by atoms with Crippen molar-refractivity contribution in [3.63, 3.8) is 0 Å². The Bertz CT molecular complexity index is 66.5. The molecule has 0 bridgehead atoms. The van der Waals surface area contributed by atoms with E-state index in [4.69, 9.17) is 0 Å². The van der Waals surface area contributed by atoms with E-state index in [1.807, 2.05) is 0 Å². The van der Waals surface area contributed by atoms with Crippen molar-refractivity contribution in [2.45, 2.75) is 64.7 Å². The van der Waals surface area contributed by atoms with E-state index in [0.29, 0.717) is 0 Å². The fourth-order valence-electron chi connectivity index (χ4n) is 1.67. The summed E-state index contributed by atoms with van der Waals surface area (Å²) in [6.45, 7) is 2.31. The number of hydrogen-bond donors (Lipinski definition) is 0. The first-order valence-electron chi connectivity index (χ1n) is 5.39. The van der Waals surface area contributed by atoms with E-state index in [9.17, 15) is 0 Å². The van der Waals surface area contributed by atoms with E-state index in [-0.39, 0.29) is 0 Å². The molecule has 0 aromatic carbocycles. The molecule has 66 valence electrons. The smallest absolute Gasteiger partial charge is 0.0443 e. The second-order valence-electron chi connectivity index (χ2n) is 4.16. The van der Waals surface area contributed by atoms with Crippen LogP contribution in [-0.2, 0) is 0 Å². The highest BCUT2D eigenvalue weighted by Crippen LogP contribution is 2.24. The third kappa shape index (κ3) is 4.44. The van der Waals surface area contributed by atoms with Crippen LogP contribution in [0.3, 0.4) is 0 Å². The minimum Gasteiger partial charge on any atom is -0.0625 e. The Balaban J connectivity index is 0.000000112. The Hall–Kier alpha value is 0. The third-order valence-electron chi connectivity index (χ3n) is 2.89. The van der Waals surface area contributed by atoms with E-state index in [1.54, 1.807) is 0 Å². The fraction of sp³-hybridized carbons (Fsp3) is 1.00. The summed E-state index contributed by atoms with van der Waals surface area (Å²) in [5.41, 5.74) is 0. The zero-order valence-corrected chi connectivity index (χ0v) is 7.94. The van der Waals surface area contributed by atoms with Gasteiger partial charge in [-0.15, -0.1) is 0 Å². The van der Waals surface area contributed by atoms with Gasteiger partial charge in [0.25, 0.3) is 0 Å². The van der Waals surface area contributed by atoms with E-state index >= 15 is 0 Å². The molecule has 0 radical (unpaired) electrons. The Morgan fingerprint density at radius 1 is 0.636 bits per heavy atom. The van der Waals surface area contributed by atoms with E-state index in [1.165, 1.54) is 57.8 Å². The zero-order valence-electron chi connectivity index (χ0n) is 7.94. The van der Waals surface area contributed by atoms with Gasteiger partial charge in [0, 0.05) is 0 Å². The molecule has 11 heavy (non-hydrogen) atoms. The number of rotatable bonds is 0. The Kier molecular flexibility index (Phi) is 4.65. The molecule has 2 fully saturated rings. The maximum atomic E-state index is 2.31. The van der Waals surface area contributed by atoms with Crippen LogP contribution in [0.15, 0.2) is 0 Å². The van der Waals surface area contributed by atoms with Crippen molar-refractivity contribution in [2.75, 3.05) is 0 Å². The van der Waals surface area contributed by atoms with Crippen molar-refractivity contribution in [1.82, 2.24) is 0 Å². The van der Waals surface area contributed by atoms with E-state index < -0.39 is 0 Å². The standard InChI is InChI=1S/C6H12.C5H10/c1-2-4-6-5-3-1;1-5-3-2-4-5/h1-6H2;5H,2-4H2,1H3. The van der Waals surface area contributed by atoms with Gasteiger partial charge in [-0.3, -0.25) is 0 Å². The molecule has 0 aromatic heterocycles. The normalized spacial score (nSPS) is 24.8. The summed E-state index contributed by atoms with van der Waals surface area (Å²) in [5.74, 6) is 1.06. The summed E-state index contributed by atoms with van der Waals surface area (Å²) >= 11 is 0. The quantitative estimate of drug-likeness (QED) is 0.492. The largest absolute Gasteiger partial charge is 0.0625 e. The molecule has 0 nitrogen and oxygen atoms in total. The van der Waals surface area contributed by atoms with E-state index in [2.05, 4.69) is 6.92 Å². The fourth-order valence-corrected chi connectivity index (χ4v) is 1.67. The van der Waals surface area contributed by atoms with Crippen LogP contribution >= 0.6 is 0 Å². The van der Waals surface area contributed by atoms with Crippen LogP contribution in [0.1, 0.15) is 64.7 Å². The van der Waals surface area contributed by atoms with Gasteiger partial charge in [0.15, 0.2) is 0 Å². The molecule has 0 aromatic rings. The molecule has 2 aliphatic carbocycles. The topological polar surface area (TPSA) is 0 Å². The first-order chi connectivity index (χ1) is 5.39. The van der Waals surface area contributed by atoms with Crippen molar-refractivity contribution in [3.05, 3.63) is 0 Å². The van der Waals surface area contributed by atoms with Gasteiger partial charge in [0.1, 0.15) is 0 Å². The lowest BCUT2D eigenvalue weighted by molar-refractivity contribution is 0.346. The number of hydrogen-bond acceptors (Lipinski definition) is 0. The second-order valence-corrected chi connectivity index (χ2v) is 4.16. The molecule has 0 N–H and O–H groups in total. The van der Waals surface area contributed by atoms with Gasteiger partial charge in [-0.05, 0) is 5.92 Å². The van der Waals surface area contributed by atoms with Crippen LogP contribution in [0.2, 0.25) is 0 Å². The van der Waals surface area contributed by atoms with Crippen LogP contribution in [0.5, 0.6) is 0 Å². The van der Waals surface area contributed by atoms with Gasteiger partial charge < -0.3 is 0 Å². The highest BCUT2D eigenvalue weighted by molar-refractivity contribution is 4.62. The predicted octanol–water partition coefficient (Wildman–Crippen LogP) is 4.15. The molecule has 2 rings (SSSR count). The van der Waals surface area contributed by atoms with Gasteiger partial charge >= 0.3 is 0 Å². The maximum absolute atomic E-state index is 2.31. The highest BCUT2D eigenvalue weighted by atomic mass is 14.1. The van der Waals surface area contributed by atoms with Crippen LogP contribution in [0, 0.1) is 5.92 Å². The SMILES string of the molecule is C1CCCCC1.CC1CCC1. The molecule has 0 atom stereocenters. The van der Waals surface area contributed by atoms with Crippen molar-refractivity contribution in [2.24, 2.45) is 5.92 Å². The molecule has 2 saturated carbocycles. The first-order valence-corrected chi connectivity index (χ1v) is 5.39. The molecular formula is C11H22. The molecule has 0 aliphatic heterocycles. The van der Waals surface area contributed by atoms with Gasteiger partial charge in [0.2, 0.25) is 0 Å². The monoisotopic (exact) mass is 154 g/mol. The molecule has 0 saturated heterocycles. The lowest BCUT2D eigenvalue weighted by Crippen LogP contribution is -2.04. The lowest BCUT2D eigenvalue weighted by Gasteiger charge is -2.18. The minimum absolute atomic E-state index is 1.06. The van der Waals surface area contributed by atoms with Gasteiger partial charge in [-0.25, -0.2) is 0 Å². The predicted molar refractivity (Wildman–Crippen MR) is 50.7 cm³/mol. The van der Waals surface area contributed by atoms with E-state index in [0.717, 1.165) is 5.92 Å². The first kappa shape index (κ1) is 9.09. The zero-order chi connectivity index (χ0) is 7.94. The van der Waals surface area contributed by atoms with Crippen molar-refractivity contribution in [1.29, 1.82) is 0 Å². The maximum Gasteiger partial charge on any atom is -0.0443 e. The third-order valence-corrected chi connectivity index (χ3v) is 2.89. The molecule has 0 unspecified atom stereocenters. The molecular weight excluding hydrogens is 132 g/mol. The van der Waals surface area contributed by atoms with Crippen LogP contribution < -0.4 is 0 Å². The van der Waals surface area contributed by atoms with Crippen molar-refractivity contribution >= 4 is 0 Å². The minimum atomic E-state index is 1.06. The van der Waals surface area contributed by atoms with Crippen molar-refractivity contribution < 1.29 is 0 Å². The van der Waals surface area contributed by atoms with Crippen LogP contribution in [0.4, 0.5) is 0 Å². The Morgan fingerprint density at radius 3 is 1.00 bits per heavy atom. The molecule has 2 aliphatic rings. The Labute approximate surface area is 71.4 Å². The van der Waals surface area contributed by atoms with Crippen molar-refractivity contribution in [3.8, 4) is 0 Å². The van der Waals surface area contributed by atoms with Crippen LogP contribution in [0.25, 0.3) is 0 Å². The van der Waals surface area contributed by atoms with Gasteiger partial charge in [-0.2, -0.15) is 0 Å². The average molecular weight is 154 g/mol. The molecule has 0 amide bonds. The summed E-state index contributed by atoms with van der Waals surface area (Å²) in [6, 6.07) is 0. The molecule has 0 heteroatoms. The lowest BCUT2D eigenvalue weighted by atomic mass is 9.88. The molecule has 0 spiro atoms. The summed E-state index contributed by atoms with van der Waals surface area (Å²) in [4.78, 5) is 0. The highest BCUT2D eigenvalue weighted by Gasteiger charge is 2.09. The average Bonchev–Trinajstić information content (AvgIpc) is 2.05. The summed E-state index contributed by atoms with van der Waals surface area (Å²) in [5, 5.41) is 0. The van der Waals surface area contributed by atoms with Crippen LogP contribution in [-0.4, -0.2) is 0 Å².